The zero-order chi connectivity index (χ0) is 11.5. The van der Waals surface area contributed by atoms with Crippen molar-refractivity contribution >= 4 is 17.4 Å². The van der Waals surface area contributed by atoms with E-state index in [0.29, 0.717) is 12.5 Å². The fourth-order valence-electron chi connectivity index (χ4n) is 1.87. The van der Waals surface area contributed by atoms with Crippen LogP contribution >= 0.6 is 11.8 Å². The van der Waals surface area contributed by atoms with Crippen molar-refractivity contribution in [3.8, 4) is 0 Å². The standard InChI is InChI=1S/C10H15N3O2S/c11-8-6-13(10(15)12-9(8)14)5-7-1-3-16-4-2-7/h6-7H,1-5,11H2,(H,12,14,15). The summed E-state index contributed by atoms with van der Waals surface area (Å²) in [7, 11) is 0. The Bertz CT molecular complexity index is 474. The van der Waals surface area contributed by atoms with E-state index >= 15 is 0 Å². The number of rotatable bonds is 2. The van der Waals surface area contributed by atoms with Crippen molar-refractivity contribution in [3.05, 3.63) is 27.0 Å². The lowest BCUT2D eigenvalue weighted by atomic mass is 10.0. The van der Waals surface area contributed by atoms with E-state index in [1.807, 2.05) is 11.8 Å². The molecule has 1 aliphatic rings. The Balaban J connectivity index is 2.17. The summed E-state index contributed by atoms with van der Waals surface area (Å²) in [5.41, 5.74) is 4.73. The Morgan fingerprint density at radius 1 is 1.44 bits per heavy atom. The van der Waals surface area contributed by atoms with Gasteiger partial charge in [-0.05, 0) is 30.3 Å². The molecule has 0 atom stereocenters. The van der Waals surface area contributed by atoms with Crippen LogP contribution in [0.5, 0.6) is 0 Å². The van der Waals surface area contributed by atoms with E-state index in [9.17, 15) is 9.59 Å². The first-order chi connectivity index (χ1) is 7.66. The van der Waals surface area contributed by atoms with E-state index in [0.717, 1.165) is 24.3 Å². The molecule has 1 aliphatic heterocycles. The molecule has 2 heterocycles. The maximum atomic E-state index is 11.5. The van der Waals surface area contributed by atoms with Gasteiger partial charge in [0.1, 0.15) is 5.69 Å². The number of nitrogens with two attached hydrogens (primary N) is 1. The van der Waals surface area contributed by atoms with Crippen molar-refractivity contribution in [2.45, 2.75) is 19.4 Å². The molecule has 0 bridgehead atoms. The molecule has 1 aromatic rings. The van der Waals surface area contributed by atoms with Gasteiger partial charge in [-0.2, -0.15) is 11.8 Å². The van der Waals surface area contributed by atoms with Crippen LogP contribution in [-0.4, -0.2) is 21.1 Å². The van der Waals surface area contributed by atoms with Gasteiger partial charge in [0.25, 0.3) is 5.56 Å². The summed E-state index contributed by atoms with van der Waals surface area (Å²) in [5.74, 6) is 2.82. The van der Waals surface area contributed by atoms with E-state index in [4.69, 9.17) is 5.73 Å². The SMILES string of the molecule is Nc1cn(CC2CCSCC2)c(=O)[nH]c1=O. The molecular formula is C10H15N3O2S. The van der Waals surface area contributed by atoms with E-state index in [1.165, 1.54) is 10.8 Å². The lowest BCUT2D eigenvalue weighted by Crippen LogP contribution is -2.33. The minimum Gasteiger partial charge on any atom is -0.393 e. The van der Waals surface area contributed by atoms with E-state index in [2.05, 4.69) is 4.98 Å². The van der Waals surface area contributed by atoms with Gasteiger partial charge >= 0.3 is 5.69 Å². The predicted octanol–water partition coefficient (Wildman–Crippen LogP) is 0.262. The number of nitrogen functional groups attached to an aromatic ring is 1. The van der Waals surface area contributed by atoms with Crippen LogP contribution in [-0.2, 0) is 6.54 Å². The molecule has 0 aliphatic carbocycles. The summed E-state index contributed by atoms with van der Waals surface area (Å²) in [6.07, 6.45) is 3.69. The minimum atomic E-state index is -0.500. The molecule has 2 rings (SSSR count). The molecule has 16 heavy (non-hydrogen) atoms. The highest BCUT2D eigenvalue weighted by molar-refractivity contribution is 7.99. The highest BCUT2D eigenvalue weighted by atomic mass is 32.2. The normalized spacial score (nSPS) is 17.5. The summed E-state index contributed by atoms with van der Waals surface area (Å²) < 4.78 is 1.51. The Hall–Kier alpha value is -1.17. The van der Waals surface area contributed by atoms with Crippen LogP contribution in [0.25, 0.3) is 0 Å². The summed E-state index contributed by atoms with van der Waals surface area (Å²) in [6.45, 7) is 0.653. The Morgan fingerprint density at radius 3 is 2.81 bits per heavy atom. The van der Waals surface area contributed by atoms with Crippen molar-refractivity contribution in [1.82, 2.24) is 9.55 Å². The lowest BCUT2D eigenvalue weighted by Gasteiger charge is -2.21. The van der Waals surface area contributed by atoms with Gasteiger partial charge in [0.15, 0.2) is 0 Å². The zero-order valence-corrected chi connectivity index (χ0v) is 9.76. The number of nitrogens with zero attached hydrogens (tertiary/aromatic N) is 1. The maximum Gasteiger partial charge on any atom is 0.328 e. The monoisotopic (exact) mass is 241 g/mol. The predicted molar refractivity (Wildman–Crippen MR) is 65.8 cm³/mol. The first kappa shape index (κ1) is 11.3. The molecular weight excluding hydrogens is 226 g/mol. The average molecular weight is 241 g/mol. The van der Waals surface area contributed by atoms with Gasteiger partial charge < -0.3 is 5.73 Å². The molecule has 1 saturated heterocycles. The molecule has 0 unspecified atom stereocenters. The second kappa shape index (κ2) is 4.78. The maximum absolute atomic E-state index is 11.5. The van der Waals surface area contributed by atoms with Crippen molar-refractivity contribution < 1.29 is 0 Å². The third-order valence-electron chi connectivity index (χ3n) is 2.83. The number of H-pyrrole nitrogens is 1. The van der Waals surface area contributed by atoms with Crippen LogP contribution in [0.3, 0.4) is 0 Å². The molecule has 0 aromatic carbocycles. The second-order valence-corrected chi connectivity index (χ2v) is 5.28. The molecule has 0 amide bonds. The van der Waals surface area contributed by atoms with Gasteiger partial charge in [-0.3, -0.25) is 14.3 Å². The van der Waals surface area contributed by atoms with Crippen LogP contribution < -0.4 is 17.0 Å². The second-order valence-electron chi connectivity index (χ2n) is 4.05. The molecule has 0 radical (unpaired) electrons. The molecule has 3 N–H and O–H groups in total. The van der Waals surface area contributed by atoms with Crippen molar-refractivity contribution in [2.24, 2.45) is 5.92 Å². The molecule has 88 valence electrons. The first-order valence-electron chi connectivity index (χ1n) is 5.34. The van der Waals surface area contributed by atoms with Crippen LogP contribution in [0.4, 0.5) is 5.69 Å². The van der Waals surface area contributed by atoms with E-state index < -0.39 is 5.56 Å². The minimum absolute atomic E-state index is 0.102. The highest BCUT2D eigenvalue weighted by Gasteiger charge is 2.15. The number of hydrogen-bond donors (Lipinski definition) is 2. The van der Waals surface area contributed by atoms with Crippen LogP contribution in [0.15, 0.2) is 15.8 Å². The summed E-state index contributed by atoms with van der Waals surface area (Å²) in [6, 6.07) is 0. The molecule has 1 fully saturated rings. The average Bonchev–Trinajstić information content (AvgIpc) is 2.27. The van der Waals surface area contributed by atoms with Gasteiger partial charge in [-0.25, -0.2) is 4.79 Å². The van der Waals surface area contributed by atoms with Crippen LogP contribution in [0.1, 0.15) is 12.8 Å². The Morgan fingerprint density at radius 2 is 2.12 bits per heavy atom. The van der Waals surface area contributed by atoms with E-state index in [1.54, 1.807) is 0 Å². The highest BCUT2D eigenvalue weighted by Crippen LogP contribution is 2.23. The Kier molecular flexibility index (Phi) is 3.38. The number of aromatic amines is 1. The van der Waals surface area contributed by atoms with Gasteiger partial charge in [0.05, 0.1) is 0 Å². The number of hydrogen-bond acceptors (Lipinski definition) is 4. The Labute approximate surface area is 97.1 Å². The fourth-order valence-corrected chi connectivity index (χ4v) is 3.07. The molecule has 0 spiro atoms. The van der Waals surface area contributed by atoms with Gasteiger partial charge in [-0.15, -0.1) is 0 Å². The largest absolute Gasteiger partial charge is 0.393 e. The third-order valence-corrected chi connectivity index (χ3v) is 3.88. The van der Waals surface area contributed by atoms with Crippen LogP contribution in [0, 0.1) is 5.92 Å². The lowest BCUT2D eigenvalue weighted by molar-refractivity contribution is 0.406. The molecule has 6 heteroatoms. The number of anilines is 1. The fraction of sp³-hybridized carbons (Fsp3) is 0.600. The number of aromatic nitrogens is 2. The topological polar surface area (TPSA) is 80.9 Å². The van der Waals surface area contributed by atoms with Gasteiger partial charge in [-0.1, -0.05) is 0 Å². The number of nitrogens with one attached hydrogen (secondary N) is 1. The quantitative estimate of drug-likeness (QED) is 0.778. The molecule has 0 saturated carbocycles. The summed E-state index contributed by atoms with van der Waals surface area (Å²) >= 11 is 1.95. The van der Waals surface area contributed by atoms with Crippen molar-refractivity contribution in [3.63, 3.8) is 0 Å². The van der Waals surface area contributed by atoms with Crippen molar-refractivity contribution in [2.75, 3.05) is 17.2 Å². The van der Waals surface area contributed by atoms with Gasteiger partial charge in [0, 0.05) is 12.7 Å². The first-order valence-corrected chi connectivity index (χ1v) is 6.49. The summed E-state index contributed by atoms with van der Waals surface area (Å²) in [4.78, 5) is 24.8. The third kappa shape index (κ3) is 2.49. The van der Waals surface area contributed by atoms with Crippen molar-refractivity contribution in [1.29, 1.82) is 0 Å². The van der Waals surface area contributed by atoms with Crippen LogP contribution in [0.2, 0.25) is 0 Å². The van der Waals surface area contributed by atoms with Gasteiger partial charge in [0.2, 0.25) is 0 Å². The number of thioether (sulfide) groups is 1. The molecule has 5 nitrogen and oxygen atoms in total. The smallest absolute Gasteiger partial charge is 0.328 e. The summed E-state index contributed by atoms with van der Waals surface area (Å²) in [5, 5.41) is 0. The molecule has 1 aromatic heterocycles. The van der Waals surface area contributed by atoms with E-state index in [-0.39, 0.29) is 11.4 Å². The zero-order valence-electron chi connectivity index (χ0n) is 8.94.